The Labute approximate surface area is 223 Å². The Morgan fingerprint density at radius 2 is 1.78 bits per heavy atom. The molecule has 2 aromatic carbocycles. The number of anilines is 1. The summed E-state index contributed by atoms with van der Waals surface area (Å²) in [6.07, 6.45) is 2.37. The molecule has 1 aliphatic heterocycles. The SMILES string of the molecule is Cc1ccc(CN2C(=O)C(=Cc3c(NCC(O)c4ccccc4)nc4ccccn4c3=O)SC2=S)cc1. The molecule has 1 unspecified atom stereocenters. The molecule has 2 aromatic heterocycles. The van der Waals surface area contributed by atoms with E-state index >= 15 is 0 Å². The highest BCUT2D eigenvalue weighted by Gasteiger charge is 2.32. The standard InChI is InChI=1S/C28H24N4O3S2/c1-18-10-12-19(13-11-18)17-32-27(35)23(37-28(32)36)15-21-25(29-16-22(33)20-7-3-2-4-8-20)30-24-9-5-6-14-31(24)26(21)34/h2-15,22,29,33H,16-17H2,1H3. The summed E-state index contributed by atoms with van der Waals surface area (Å²) in [5, 5.41) is 13.8. The smallest absolute Gasteiger partial charge is 0.267 e. The molecule has 0 saturated carbocycles. The number of aliphatic hydroxyl groups is 1. The van der Waals surface area contributed by atoms with Crippen LogP contribution in [0.3, 0.4) is 0 Å². The van der Waals surface area contributed by atoms with Gasteiger partial charge in [-0.3, -0.25) is 18.9 Å². The van der Waals surface area contributed by atoms with E-state index in [0.29, 0.717) is 21.4 Å². The van der Waals surface area contributed by atoms with Crippen molar-refractivity contribution in [3.63, 3.8) is 0 Å². The number of nitrogens with one attached hydrogen (secondary N) is 1. The zero-order valence-electron chi connectivity index (χ0n) is 20.0. The molecule has 1 saturated heterocycles. The number of carbonyl (C=O) groups excluding carboxylic acids is 1. The average Bonchev–Trinajstić information content (AvgIpc) is 3.18. The Morgan fingerprint density at radius 1 is 1.05 bits per heavy atom. The molecule has 0 radical (unpaired) electrons. The topological polar surface area (TPSA) is 86.9 Å². The molecule has 0 aliphatic carbocycles. The summed E-state index contributed by atoms with van der Waals surface area (Å²) in [5.41, 5.74) is 3.19. The lowest BCUT2D eigenvalue weighted by molar-refractivity contribution is -0.122. The van der Waals surface area contributed by atoms with Crippen molar-refractivity contribution in [2.45, 2.75) is 19.6 Å². The van der Waals surface area contributed by atoms with E-state index in [4.69, 9.17) is 12.2 Å². The molecule has 7 nitrogen and oxygen atoms in total. The predicted molar refractivity (Wildman–Crippen MR) is 151 cm³/mol. The minimum atomic E-state index is -0.808. The number of nitrogens with zero attached hydrogens (tertiary/aromatic N) is 3. The van der Waals surface area contributed by atoms with E-state index in [2.05, 4.69) is 10.3 Å². The fourth-order valence-electron chi connectivity index (χ4n) is 4.00. The Balaban J connectivity index is 1.47. The molecule has 0 bridgehead atoms. The van der Waals surface area contributed by atoms with Crippen LogP contribution in [0.4, 0.5) is 5.82 Å². The van der Waals surface area contributed by atoms with Crippen LogP contribution < -0.4 is 10.9 Å². The van der Waals surface area contributed by atoms with Gasteiger partial charge in [0.2, 0.25) is 0 Å². The van der Waals surface area contributed by atoms with Crippen LogP contribution in [0.25, 0.3) is 11.7 Å². The second-order valence-corrected chi connectivity index (χ2v) is 10.3. The molecule has 2 N–H and O–H groups in total. The highest BCUT2D eigenvalue weighted by atomic mass is 32.2. The quantitative estimate of drug-likeness (QED) is 0.269. The number of benzene rings is 2. The van der Waals surface area contributed by atoms with E-state index < -0.39 is 6.10 Å². The van der Waals surface area contributed by atoms with Crippen molar-refractivity contribution < 1.29 is 9.90 Å². The number of thioether (sulfide) groups is 1. The third kappa shape index (κ3) is 5.34. The Bertz CT molecular complexity index is 1570. The fourth-order valence-corrected chi connectivity index (χ4v) is 5.23. The van der Waals surface area contributed by atoms with Gasteiger partial charge in [-0.25, -0.2) is 4.98 Å². The summed E-state index contributed by atoms with van der Waals surface area (Å²) >= 11 is 6.66. The monoisotopic (exact) mass is 528 g/mol. The van der Waals surface area contributed by atoms with Gasteiger partial charge in [0.15, 0.2) is 0 Å². The average molecular weight is 529 g/mol. The van der Waals surface area contributed by atoms with Gasteiger partial charge in [0.25, 0.3) is 11.5 Å². The van der Waals surface area contributed by atoms with Crippen molar-refractivity contribution in [2.75, 3.05) is 11.9 Å². The van der Waals surface area contributed by atoms with Crippen LogP contribution >= 0.6 is 24.0 Å². The third-order valence-electron chi connectivity index (χ3n) is 6.03. The normalized spacial score (nSPS) is 15.5. The molecule has 186 valence electrons. The van der Waals surface area contributed by atoms with Gasteiger partial charge in [-0.2, -0.15) is 0 Å². The van der Waals surface area contributed by atoms with Gasteiger partial charge in [-0.1, -0.05) is 90.2 Å². The van der Waals surface area contributed by atoms with Crippen LogP contribution in [0.15, 0.2) is 88.7 Å². The van der Waals surface area contributed by atoms with Crippen LogP contribution in [0.5, 0.6) is 0 Å². The Morgan fingerprint density at radius 3 is 2.54 bits per heavy atom. The highest BCUT2D eigenvalue weighted by Crippen LogP contribution is 2.34. The van der Waals surface area contributed by atoms with E-state index in [9.17, 15) is 14.7 Å². The van der Waals surface area contributed by atoms with Gasteiger partial charge >= 0.3 is 0 Å². The summed E-state index contributed by atoms with van der Waals surface area (Å²) in [6, 6.07) is 22.4. The van der Waals surface area contributed by atoms with E-state index in [0.717, 1.165) is 28.5 Å². The lowest BCUT2D eigenvalue weighted by Crippen LogP contribution is -2.27. The number of hydrogen-bond acceptors (Lipinski definition) is 7. The summed E-state index contributed by atoms with van der Waals surface area (Å²) in [5.74, 6) is 0.0263. The molecule has 3 heterocycles. The first-order valence-electron chi connectivity index (χ1n) is 11.7. The Kier molecular flexibility index (Phi) is 7.18. The molecule has 0 spiro atoms. The molecule has 9 heteroatoms. The van der Waals surface area contributed by atoms with Crippen LogP contribution in [0.1, 0.15) is 28.4 Å². The van der Waals surface area contributed by atoms with Gasteiger partial charge in [-0.05, 0) is 36.3 Å². The lowest BCUT2D eigenvalue weighted by Gasteiger charge is -2.15. The number of carbonyl (C=O) groups is 1. The number of amides is 1. The number of aromatic nitrogens is 2. The van der Waals surface area contributed by atoms with E-state index in [1.165, 1.54) is 9.30 Å². The molecule has 1 atom stereocenters. The van der Waals surface area contributed by atoms with Crippen molar-refractivity contribution in [3.8, 4) is 0 Å². The van der Waals surface area contributed by atoms with Gasteiger partial charge in [0.05, 0.1) is 23.1 Å². The lowest BCUT2D eigenvalue weighted by atomic mass is 10.1. The van der Waals surface area contributed by atoms with Crippen LogP contribution in [0, 0.1) is 6.92 Å². The van der Waals surface area contributed by atoms with Crippen molar-refractivity contribution in [3.05, 3.63) is 117 Å². The minimum Gasteiger partial charge on any atom is -0.387 e. The molecule has 1 fully saturated rings. The highest BCUT2D eigenvalue weighted by molar-refractivity contribution is 8.26. The number of thiocarbonyl (C=S) groups is 1. The van der Waals surface area contributed by atoms with Crippen LogP contribution in [-0.2, 0) is 11.3 Å². The molecular weight excluding hydrogens is 504 g/mol. The summed E-state index contributed by atoms with van der Waals surface area (Å²) in [4.78, 5) is 33.2. The second kappa shape index (κ2) is 10.7. The van der Waals surface area contributed by atoms with Gasteiger partial charge in [0, 0.05) is 12.7 Å². The maximum absolute atomic E-state index is 13.5. The van der Waals surface area contributed by atoms with Gasteiger partial charge in [-0.15, -0.1) is 0 Å². The number of aliphatic hydroxyl groups excluding tert-OH is 1. The van der Waals surface area contributed by atoms with Crippen LogP contribution in [-0.4, -0.2) is 36.2 Å². The van der Waals surface area contributed by atoms with Crippen molar-refractivity contribution in [1.29, 1.82) is 0 Å². The first kappa shape index (κ1) is 24.9. The number of hydrogen-bond donors (Lipinski definition) is 2. The van der Waals surface area contributed by atoms with Crippen LogP contribution in [0.2, 0.25) is 0 Å². The zero-order chi connectivity index (χ0) is 25.9. The molecule has 1 aliphatic rings. The maximum Gasteiger partial charge on any atom is 0.267 e. The van der Waals surface area contributed by atoms with Gasteiger partial charge < -0.3 is 10.4 Å². The molecule has 37 heavy (non-hydrogen) atoms. The van der Waals surface area contributed by atoms with Crippen molar-refractivity contribution in [2.24, 2.45) is 0 Å². The van der Waals surface area contributed by atoms with E-state index in [-0.39, 0.29) is 29.4 Å². The maximum atomic E-state index is 13.5. The summed E-state index contributed by atoms with van der Waals surface area (Å²) in [7, 11) is 0. The number of aryl methyl sites for hydroxylation is 1. The van der Waals surface area contributed by atoms with Gasteiger partial charge in [0.1, 0.15) is 15.8 Å². The number of pyridine rings is 1. The molecular formula is C28H24N4O3S2. The Hall–Kier alpha value is -3.79. The fraction of sp³-hybridized carbons (Fsp3) is 0.143. The number of rotatable bonds is 7. The molecule has 4 aromatic rings. The molecule has 1 amide bonds. The van der Waals surface area contributed by atoms with Crippen molar-refractivity contribution >= 4 is 51.7 Å². The van der Waals surface area contributed by atoms with E-state index in [1.807, 2.05) is 61.5 Å². The summed E-state index contributed by atoms with van der Waals surface area (Å²) in [6.45, 7) is 2.49. The van der Waals surface area contributed by atoms with E-state index in [1.54, 1.807) is 30.5 Å². The first-order chi connectivity index (χ1) is 17.9. The first-order valence-corrected chi connectivity index (χ1v) is 12.9. The summed E-state index contributed by atoms with van der Waals surface area (Å²) < 4.78 is 1.86. The predicted octanol–water partition coefficient (Wildman–Crippen LogP) is 4.55. The molecule has 5 rings (SSSR count). The largest absolute Gasteiger partial charge is 0.387 e. The second-order valence-electron chi connectivity index (χ2n) is 8.67. The van der Waals surface area contributed by atoms with Crippen molar-refractivity contribution in [1.82, 2.24) is 14.3 Å². The zero-order valence-corrected chi connectivity index (χ0v) is 21.6. The minimum absolute atomic E-state index is 0.134. The number of fused-ring (bicyclic) bond motifs is 1. The third-order valence-corrected chi connectivity index (χ3v) is 7.40.